The number of carbonyl (C=O) groups is 1. The maximum absolute atomic E-state index is 12.3. The van der Waals surface area contributed by atoms with Gasteiger partial charge in [-0.25, -0.2) is 4.99 Å². The minimum absolute atomic E-state index is 0.156. The molecule has 24 heavy (non-hydrogen) atoms. The normalized spacial score (nSPS) is 13.0. The number of rotatable bonds is 3. The highest BCUT2D eigenvalue weighted by Crippen LogP contribution is 2.34. The molecule has 1 heterocycles. The van der Waals surface area contributed by atoms with E-state index in [0.29, 0.717) is 5.75 Å². The van der Waals surface area contributed by atoms with Crippen LogP contribution >= 0.6 is 11.8 Å². The van der Waals surface area contributed by atoms with Gasteiger partial charge in [0.1, 0.15) is 0 Å². The number of fused-ring (bicyclic) bond motifs is 2. The largest absolute Gasteiger partial charge is 0.293 e. The molecule has 3 heteroatoms. The number of aryl methyl sites for hydroxylation is 1. The molecule has 1 aliphatic rings. The van der Waals surface area contributed by atoms with Gasteiger partial charge in [0.05, 0.1) is 16.5 Å². The highest BCUT2D eigenvalue weighted by atomic mass is 32.2. The van der Waals surface area contributed by atoms with Gasteiger partial charge in [0, 0.05) is 12.0 Å². The van der Waals surface area contributed by atoms with E-state index in [1.165, 1.54) is 21.9 Å². The molecule has 1 aliphatic heterocycles. The van der Waals surface area contributed by atoms with Crippen molar-refractivity contribution < 1.29 is 4.79 Å². The van der Waals surface area contributed by atoms with Gasteiger partial charge >= 0.3 is 0 Å². The van der Waals surface area contributed by atoms with E-state index in [1.807, 2.05) is 37.3 Å². The third-order valence-corrected chi connectivity index (χ3v) is 5.25. The second kappa shape index (κ2) is 6.25. The number of benzene rings is 3. The van der Waals surface area contributed by atoms with Crippen molar-refractivity contribution >= 4 is 39.0 Å². The lowest BCUT2D eigenvalue weighted by atomic mass is 10.0. The van der Waals surface area contributed by atoms with E-state index in [4.69, 9.17) is 4.99 Å². The SMILES string of the molecule is Cc1ccc(C(=O)CSC2=Nc3cc4ccccc4cc3C2)cc1. The molecule has 118 valence electrons. The molecule has 0 bridgehead atoms. The highest BCUT2D eigenvalue weighted by molar-refractivity contribution is 8.14. The number of aliphatic imine (C=N–C) groups is 1. The van der Waals surface area contributed by atoms with Crippen LogP contribution in [0, 0.1) is 6.92 Å². The number of carbonyl (C=O) groups excluding carboxylic acids is 1. The van der Waals surface area contributed by atoms with Gasteiger partial charge in [-0.1, -0.05) is 54.1 Å². The number of hydrogen-bond donors (Lipinski definition) is 0. The number of ketones is 1. The van der Waals surface area contributed by atoms with Gasteiger partial charge in [-0.2, -0.15) is 0 Å². The molecule has 0 spiro atoms. The molecule has 4 rings (SSSR count). The Labute approximate surface area is 145 Å². The average molecular weight is 331 g/mol. The van der Waals surface area contributed by atoms with Crippen molar-refractivity contribution in [2.45, 2.75) is 13.3 Å². The van der Waals surface area contributed by atoms with E-state index in [9.17, 15) is 4.79 Å². The van der Waals surface area contributed by atoms with Gasteiger partial charge < -0.3 is 0 Å². The summed E-state index contributed by atoms with van der Waals surface area (Å²) in [5.74, 6) is 0.596. The van der Waals surface area contributed by atoms with Crippen LogP contribution in [0.4, 0.5) is 5.69 Å². The minimum atomic E-state index is 0.156. The topological polar surface area (TPSA) is 29.4 Å². The smallest absolute Gasteiger partial charge is 0.173 e. The Balaban J connectivity index is 1.47. The van der Waals surface area contributed by atoms with Gasteiger partial charge in [0.15, 0.2) is 5.78 Å². The average Bonchev–Trinajstić information content (AvgIpc) is 3.00. The summed E-state index contributed by atoms with van der Waals surface area (Å²) in [5.41, 5.74) is 4.23. The Hall–Kier alpha value is -2.39. The lowest BCUT2D eigenvalue weighted by Crippen LogP contribution is -2.05. The molecular weight excluding hydrogens is 314 g/mol. The van der Waals surface area contributed by atoms with Crippen LogP contribution < -0.4 is 0 Å². The summed E-state index contributed by atoms with van der Waals surface area (Å²) < 4.78 is 0. The van der Waals surface area contributed by atoms with Crippen molar-refractivity contribution in [2.75, 3.05) is 5.75 Å². The molecule has 0 saturated carbocycles. The number of hydrogen-bond acceptors (Lipinski definition) is 3. The first kappa shape index (κ1) is 15.2. The molecule has 0 fully saturated rings. The lowest BCUT2D eigenvalue weighted by Gasteiger charge is -2.02. The second-order valence-electron chi connectivity index (χ2n) is 6.09. The Morgan fingerprint density at radius 3 is 2.50 bits per heavy atom. The van der Waals surface area contributed by atoms with Crippen molar-refractivity contribution in [3.8, 4) is 0 Å². The summed E-state index contributed by atoms with van der Waals surface area (Å²) in [6.45, 7) is 2.03. The van der Waals surface area contributed by atoms with E-state index in [2.05, 4.69) is 30.3 Å². The van der Waals surface area contributed by atoms with E-state index >= 15 is 0 Å². The van der Waals surface area contributed by atoms with Gasteiger partial charge in [0.2, 0.25) is 0 Å². The molecule has 0 unspecified atom stereocenters. The van der Waals surface area contributed by atoms with Crippen LogP contribution in [0.1, 0.15) is 21.5 Å². The minimum Gasteiger partial charge on any atom is -0.293 e. The molecule has 0 N–H and O–H groups in total. The Morgan fingerprint density at radius 1 is 1.04 bits per heavy atom. The number of Topliss-reactive ketones (excluding diaryl/α,β-unsaturated/α-hetero) is 1. The summed E-state index contributed by atoms with van der Waals surface area (Å²) in [6.07, 6.45) is 0.825. The quantitative estimate of drug-likeness (QED) is 0.605. The van der Waals surface area contributed by atoms with Crippen molar-refractivity contribution in [3.05, 3.63) is 77.4 Å². The van der Waals surface area contributed by atoms with Crippen molar-refractivity contribution in [3.63, 3.8) is 0 Å². The van der Waals surface area contributed by atoms with Crippen molar-refractivity contribution in [1.82, 2.24) is 0 Å². The Bertz CT molecular complexity index is 957. The zero-order chi connectivity index (χ0) is 16.5. The molecule has 0 amide bonds. The van der Waals surface area contributed by atoms with Crippen LogP contribution in [0.3, 0.4) is 0 Å². The second-order valence-corrected chi connectivity index (χ2v) is 7.14. The molecule has 2 nitrogen and oxygen atoms in total. The van der Waals surface area contributed by atoms with Crippen LogP contribution in [0.2, 0.25) is 0 Å². The summed E-state index contributed by atoms with van der Waals surface area (Å²) >= 11 is 1.55. The fourth-order valence-corrected chi connectivity index (χ4v) is 3.80. The van der Waals surface area contributed by atoms with E-state index in [0.717, 1.165) is 22.7 Å². The van der Waals surface area contributed by atoms with E-state index in [1.54, 1.807) is 11.8 Å². The zero-order valence-electron chi connectivity index (χ0n) is 13.5. The molecule has 3 aromatic carbocycles. The molecule has 3 aromatic rings. The molecule has 0 aliphatic carbocycles. The Kier molecular flexibility index (Phi) is 3.95. The van der Waals surface area contributed by atoms with Crippen LogP contribution in [0.5, 0.6) is 0 Å². The predicted octanol–water partition coefficient (Wildman–Crippen LogP) is 5.35. The summed E-state index contributed by atoms with van der Waals surface area (Å²) in [6, 6.07) is 20.4. The highest BCUT2D eigenvalue weighted by Gasteiger charge is 2.17. The maximum Gasteiger partial charge on any atom is 0.173 e. The summed E-state index contributed by atoms with van der Waals surface area (Å²) in [5, 5.41) is 3.48. The fraction of sp³-hybridized carbons (Fsp3) is 0.143. The van der Waals surface area contributed by atoms with Crippen LogP contribution in [-0.2, 0) is 6.42 Å². The number of nitrogens with zero attached hydrogens (tertiary/aromatic N) is 1. The first-order valence-electron chi connectivity index (χ1n) is 8.01. The predicted molar refractivity (Wildman–Crippen MR) is 103 cm³/mol. The first-order valence-corrected chi connectivity index (χ1v) is 8.99. The summed E-state index contributed by atoms with van der Waals surface area (Å²) in [7, 11) is 0. The molecular formula is C21H17NOS. The Morgan fingerprint density at radius 2 is 1.75 bits per heavy atom. The van der Waals surface area contributed by atoms with Gasteiger partial charge in [0.25, 0.3) is 0 Å². The van der Waals surface area contributed by atoms with Crippen LogP contribution in [0.15, 0.2) is 65.7 Å². The van der Waals surface area contributed by atoms with Crippen LogP contribution in [0.25, 0.3) is 10.8 Å². The summed E-state index contributed by atoms with van der Waals surface area (Å²) in [4.78, 5) is 17.0. The molecule has 0 atom stereocenters. The monoisotopic (exact) mass is 331 g/mol. The third kappa shape index (κ3) is 3.00. The number of thioether (sulfide) groups is 1. The standard InChI is InChI=1S/C21H17NOS/c1-14-6-8-15(9-7-14)20(23)13-24-21-12-18-10-16-4-2-3-5-17(16)11-19(18)22-21/h2-11H,12-13H2,1H3. The third-order valence-electron chi connectivity index (χ3n) is 4.28. The van der Waals surface area contributed by atoms with Gasteiger partial charge in [-0.15, -0.1) is 11.8 Å². The molecule has 0 radical (unpaired) electrons. The molecule has 0 saturated heterocycles. The first-order chi connectivity index (χ1) is 11.7. The zero-order valence-corrected chi connectivity index (χ0v) is 14.3. The van der Waals surface area contributed by atoms with Crippen LogP contribution in [-0.4, -0.2) is 16.6 Å². The van der Waals surface area contributed by atoms with Gasteiger partial charge in [-0.05, 0) is 35.4 Å². The van der Waals surface area contributed by atoms with Gasteiger partial charge in [-0.3, -0.25) is 4.79 Å². The van der Waals surface area contributed by atoms with E-state index in [-0.39, 0.29) is 5.78 Å². The molecule has 0 aromatic heterocycles. The van der Waals surface area contributed by atoms with Crippen molar-refractivity contribution in [1.29, 1.82) is 0 Å². The van der Waals surface area contributed by atoms with Crippen molar-refractivity contribution in [2.24, 2.45) is 4.99 Å². The maximum atomic E-state index is 12.3. The van der Waals surface area contributed by atoms with E-state index < -0.39 is 0 Å². The lowest BCUT2D eigenvalue weighted by molar-refractivity contribution is 0.102. The fourth-order valence-electron chi connectivity index (χ4n) is 2.91.